The van der Waals surface area contributed by atoms with Crippen LogP contribution in [0.2, 0.25) is 0 Å². The summed E-state index contributed by atoms with van der Waals surface area (Å²) in [6.45, 7) is 0.929. The fourth-order valence-corrected chi connectivity index (χ4v) is 6.12. The second kappa shape index (κ2) is 7.88. The first-order valence-electron chi connectivity index (χ1n) is 11.3. The third-order valence-electron chi connectivity index (χ3n) is 7.68. The van der Waals surface area contributed by atoms with Gasteiger partial charge in [-0.2, -0.15) is 0 Å². The van der Waals surface area contributed by atoms with E-state index in [9.17, 15) is 4.79 Å². The molecule has 6 heteroatoms. The number of hydrogen-bond acceptors (Lipinski definition) is 4. The molecule has 2 saturated carbocycles. The second-order valence-corrected chi connectivity index (χ2v) is 9.82. The van der Waals surface area contributed by atoms with E-state index >= 15 is 0 Å². The summed E-state index contributed by atoms with van der Waals surface area (Å²) >= 11 is 5.68. The SMILES string of the molecule is COCCN1C(=O)C2(NC1=S)c1cc(C#CC3CC3)ccc1CC21CCC(OC)CC1. The number of thiocarbonyl (C=S) groups is 1. The highest BCUT2D eigenvalue weighted by Crippen LogP contribution is 2.60. The van der Waals surface area contributed by atoms with Crippen LogP contribution in [0, 0.1) is 23.2 Å². The van der Waals surface area contributed by atoms with Crippen molar-refractivity contribution < 1.29 is 14.3 Å². The van der Waals surface area contributed by atoms with E-state index < -0.39 is 5.54 Å². The molecule has 3 aliphatic carbocycles. The highest BCUT2D eigenvalue weighted by Gasteiger charge is 2.67. The van der Waals surface area contributed by atoms with E-state index in [0.29, 0.717) is 24.2 Å². The molecule has 2 spiro atoms. The Labute approximate surface area is 189 Å². The van der Waals surface area contributed by atoms with Crippen LogP contribution in [0.15, 0.2) is 18.2 Å². The van der Waals surface area contributed by atoms with Crippen molar-refractivity contribution in [2.24, 2.45) is 11.3 Å². The summed E-state index contributed by atoms with van der Waals surface area (Å²) in [6, 6.07) is 6.44. The predicted molar refractivity (Wildman–Crippen MR) is 122 cm³/mol. The molecule has 1 amide bonds. The van der Waals surface area contributed by atoms with Gasteiger partial charge < -0.3 is 14.8 Å². The van der Waals surface area contributed by atoms with Crippen molar-refractivity contribution >= 4 is 23.2 Å². The smallest absolute Gasteiger partial charge is 0.259 e. The average molecular weight is 439 g/mol. The monoisotopic (exact) mass is 438 g/mol. The minimum atomic E-state index is -0.816. The van der Waals surface area contributed by atoms with Gasteiger partial charge in [-0.25, -0.2) is 0 Å². The molecule has 1 aromatic rings. The molecule has 0 aromatic heterocycles. The lowest BCUT2D eigenvalue weighted by Gasteiger charge is -2.46. The number of carbonyl (C=O) groups excluding carboxylic acids is 1. The van der Waals surface area contributed by atoms with Gasteiger partial charge in [-0.1, -0.05) is 17.9 Å². The zero-order chi connectivity index (χ0) is 21.6. The van der Waals surface area contributed by atoms with Gasteiger partial charge in [-0.15, -0.1) is 0 Å². The number of amides is 1. The Bertz CT molecular complexity index is 969. The number of nitrogens with one attached hydrogen (secondary N) is 1. The molecule has 1 aromatic carbocycles. The zero-order valence-corrected chi connectivity index (χ0v) is 19.1. The van der Waals surface area contributed by atoms with Crippen LogP contribution < -0.4 is 5.32 Å². The Morgan fingerprint density at radius 3 is 2.68 bits per heavy atom. The molecular formula is C25H30N2O3S. The Balaban J connectivity index is 1.58. The lowest BCUT2D eigenvalue weighted by molar-refractivity contribution is -0.138. The molecule has 1 N–H and O–H groups in total. The molecule has 1 saturated heterocycles. The third kappa shape index (κ3) is 3.29. The lowest BCUT2D eigenvalue weighted by atomic mass is 9.61. The molecule has 5 rings (SSSR count). The van der Waals surface area contributed by atoms with Crippen LogP contribution in [0.1, 0.15) is 55.2 Å². The predicted octanol–water partition coefficient (Wildman–Crippen LogP) is 3.14. The van der Waals surface area contributed by atoms with Crippen LogP contribution in [-0.4, -0.2) is 49.4 Å². The van der Waals surface area contributed by atoms with E-state index in [1.165, 1.54) is 18.4 Å². The Morgan fingerprint density at radius 1 is 1.23 bits per heavy atom. The first kappa shape index (κ1) is 20.9. The topological polar surface area (TPSA) is 50.8 Å². The van der Waals surface area contributed by atoms with Crippen molar-refractivity contribution in [3.63, 3.8) is 0 Å². The lowest BCUT2D eigenvalue weighted by Crippen LogP contribution is -2.56. The highest BCUT2D eigenvalue weighted by atomic mass is 32.1. The number of hydrogen-bond donors (Lipinski definition) is 1. The Morgan fingerprint density at radius 2 is 2.00 bits per heavy atom. The number of carbonyl (C=O) groups is 1. The summed E-state index contributed by atoms with van der Waals surface area (Å²) in [4.78, 5) is 15.8. The van der Waals surface area contributed by atoms with E-state index in [2.05, 4.69) is 35.4 Å². The highest BCUT2D eigenvalue weighted by molar-refractivity contribution is 7.80. The number of ether oxygens (including phenoxy) is 2. The maximum Gasteiger partial charge on any atom is 0.259 e. The van der Waals surface area contributed by atoms with Gasteiger partial charge in [0.15, 0.2) is 10.7 Å². The number of fused-ring (bicyclic) bond motifs is 3. The molecule has 0 radical (unpaired) electrons. The van der Waals surface area contributed by atoms with E-state index in [4.69, 9.17) is 21.7 Å². The van der Waals surface area contributed by atoms with Crippen LogP contribution >= 0.6 is 12.2 Å². The van der Waals surface area contributed by atoms with Gasteiger partial charge in [0.1, 0.15) is 0 Å². The van der Waals surface area contributed by atoms with Gasteiger partial charge >= 0.3 is 0 Å². The molecule has 1 aliphatic heterocycles. The average Bonchev–Trinajstić information content (AvgIpc) is 3.53. The van der Waals surface area contributed by atoms with Crippen molar-refractivity contribution in [3.05, 3.63) is 34.9 Å². The molecule has 164 valence electrons. The zero-order valence-electron chi connectivity index (χ0n) is 18.3. The second-order valence-electron chi connectivity index (χ2n) is 9.44. The van der Waals surface area contributed by atoms with Crippen molar-refractivity contribution in [2.45, 2.75) is 56.6 Å². The summed E-state index contributed by atoms with van der Waals surface area (Å²) in [5.41, 5.74) is 2.28. The molecule has 1 atom stereocenters. The largest absolute Gasteiger partial charge is 0.383 e. The van der Waals surface area contributed by atoms with Gasteiger partial charge in [0.05, 0.1) is 19.3 Å². The Kier molecular flexibility index (Phi) is 5.32. The van der Waals surface area contributed by atoms with E-state index in [1.807, 2.05) is 0 Å². The minimum absolute atomic E-state index is 0.0662. The van der Waals surface area contributed by atoms with Crippen LogP contribution in [0.3, 0.4) is 0 Å². The summed E-state index contributed by atoms with van der Waals surface area (Å²) in [7, 11) is 3.43. The van der Waals surface area contributed by atoms with Crippen molar-refractivity contribution in [2.75, 3.05) is 27.4 Å². The van der Waals surface area contributed by atoms with E-state index in [-0.39, 0.29) is 17.4 Å². The Hall–Kier alpha value is -1.94. The van der Waals surface area contributed by atoms with Gasteiger partial charge in [-0.3, -0.25) is 9.69 Å². The fraction of sp³-hybridized carbons (Fsp3) is 0.600. The quantitative estimate of drug-likeness (QED) is 0.578. The summed E-state index contributed by atoms with van der Waals surface area (Å²) in [5, 5.41) is 4.07. The molecule has 31 heavy (non-hydrogen) atoms. The third-order valence-corrected chi connectivity index (χ3v) is 8.01. The summed E-state index contributed by atoms with van der Waals surface area (Å²) in [5.74, 6) is 7.31. The first-order valence-corrected chi connectivity index (χ1v) is 11.7. The van der Waals surface area contributed by atoms with E-state index in [0.717, 1.165) is 43.2 Å². The van der Waals surface area contributed by atoms with Crippen LogP contribution in [0.5, 0.6) is 0 Å². The van der Waals surface area contributed by atoms with Crippen molar-refractivity contribution in [1.29, 1.82) is 0 Å². The van der Waals surface area contributed by atoms with E-state index in [1.54, 1.807) is 19.1 Å². The fourth-order valence-electron chi connectivity index (χ4n) is 5.79. The molecule has 3 fully saturated rings. The minimum Gasteiger partial charge on any atom is -0.383 e. The molecule has 5 nitrogen and oxygen atoms in total. The number of rotatable bonds is 4. The van der Waals surface area contributed by atoms with Gasteiger partial charge in [-0.05, 0) is 80.4 Å². The molecule has 4 aliphatic rings. The standard InChI is InChI=1S/C25H30N2O3S/c1-29-14-13-27-22(28)25(26-23(27)31)21-15-18(6-5-17-3-4-17)7-8-19(21)16-24(25)11-9-20(30-2)10-12-24/h7-8,15,17,20H,3-4,9-14,16H2,1-2H3,(H,26,31). The molecular weight excluding hydrogens is 408 g/mol. The summed E-state index contributed by atoms with van der Waals surface area (Å²) in [6.07, 6.45) is 7.34. The number of nitrogens with zero attached hydrogens (tertiary/aromatic N) is 1. The van der Waals surface area contributed by atoms with Gasteiger partial charge in [0.2, 0.25) is 0 Å². The molecule has 1 unspecified atom stereocenters. The maximum atomic E-state index is 14.1. The normalized spacial score (nSPS) is 31.7. The van der Waals surface area contributed by atoms with Crippen molar-refractivity contribution in [1.82, 2.24) is 10.2 Å². The number of methoxy groups -OCH3 is 2. The summed E-state index contributed by atoms with van der Waals surface area (Å²) < 4.78 is 10.9. The number of benzene rings is 1. The van der Waals surface area contributed by atoms with Crippen LogP contribution in [0.4, 0.5) is 0 Å². The van der Waals surface area contributed by atoms with Crippen molar-refractivity contribution in [3.8, 4) is 11.8 Å². The van der Waals surface area contributed by atoms with Gasteiger partial charge in [0, 0.05) is 31.1 Å². The molecule has 0 bridgehead atoms. The van der Waals surface area contributed by atoms with Crippen LogP contribution in [-0.2, 0) is 26.2 Å². The molecule has 1 heterocycles. The first-order chi connectivity index (χ1) is 15.0. The van der Waals surface area contributed by atoms with Gasteiger partial charge in [0.25, 0.3) is 5.91 Å². The van der Waals surface area contributed by atoms with Crippen LogP contribution in [0.25, 0.3) is 0 Å². The maximum absolute atomic E-state index is 14.1.